The first-order valence-electron chi connectivity index (χ1n) is 8.75. The molecule has 2 aromatic rings. The third-order valence-electron chi connectivity index (χ3n) is 3.77. The van der Waals surface area contributed by atoms with Crippen LogP contribution in [-0.4, -0.2) is 38.0 Å². The molecule has 0 saturated carbocycles. The molecule has 0 radical (unpaired) electrons. The number of hydrogen-bond donors (Lipinski definition) is 1. The van der Waals surface area contributed by atoms with E-state index >= 15 is 0 Å². The Kier molecular flexibility index (Phi) is 6.37. The maximum absolute atomic E-state index is 12.2. The molecule has 7 heteroatoms. The molecule has 2 aromatic carbocycles. The number of carbonyl (C=O) groups is 1. The molecule has 1 N–H and O–H groups in total. The van der Waals surface area contributed by atoms with Gasteiger partial charge in [0.15, 0.2) is 23.0 Å². The summed E-state index contributed by atoms with van der Waals surface area (Å²) in [6.07, 6.45) is 5.95. The van der Waals surface area contributed by atoms with Crippen LogP contribution >= 0.6 is 0 Å². The Morgan fingerprint density at radius 2 is 2.11 bits per heavy atom. The number of hydrazone groups is 1. The lowest BCUT2D eigenvalue weighted by Gasteiger charge is -2.24. The summed E-state index contributed by atoms with van der Waals surface area (Å²) >= 11 is 0. The van der Waals surface area contributed by atoms with Gasteiger partial charge in [0.1, 0.15) is 13.2 Å². The van der Waals surface area contributed by atoms with Crippen LogP contribution in [0.4, 0.5) is 0 Å². The SMILES string of the molecule is C#CCOc1ccc(/C=N\NC(=O)[C@@H]2COc3ccccc3O2)cc1OCC. The molecule has 0 unspecified atom stereocenters. The van der Waals surface area contributed by atoms with Crippen molar-refractivity contribution in [3.8, 4) is 35.3 Å². The number of hydrogen-bond acceptors (Lipinski definition) is 6. The molecule has 0 spiro atoms. The normalized spacial score (nSPS) is 14.9. The molecule has 144 valence electrons. The summed E-state index contributed by atoms with van der Waals surface area (Å²) in [6.45, 7) is 2.62. The van der Waals surface area contributed by atoms with Gasteiger partial charge in [-0.3, -0.25) is 4.79 Å². The van der Waals surface area contributed by atoms with Gasteiger partial charge in [0.25, 0.3) is 5.91 Å². The van der Waals surface area contributed by atoms with Crippen molar-refractivity contribution < 1.29 is 23.7 Å². The Hall–Kier alpha value is -3.66. The van der Waals surface area contributed by atoms with Crippen molar-refractivity contribution >= 4 is 12.1 Å². The fraction of sp³-hybridized carbons (Fsp3) is 0.238. The van der Waals surface area contributed by atoms with E-state index in [1.54, 1.807) is 30.3 Å². The first-order chi connectivity index (χ1) is 13.7. The largest absolute Gasteiger partial charge is 0.490 e. The summed E-state index contributed by atoms with van der Waals surface area (Å²) in [7, 11) is 0. The quantitative estimate of drug-likeness (QED) is 0.453. The third kappa shape index (κ3) is 4.74. The molecule has 1 amide bonds. The van der Waals surface area contributed by atoms with Crippen molar-refractivity contribution in [3.05, 3.63) is 48.0 Å². The molecule has 0 aliphatic carbocycles. The highest BCUT2D eigenvalue weighted by Crippen LogP contribution is 2.31. The van der Waals surface area contributed by atoms with Gasteiger partial charge in [0.2, 0.25) is 6.10 Å². The van der Waals surface area contributed by atoms with Crippen LogP contribution in [-0.2, 0) is 4.79 Å². The molecule has 1 heterocycles. The average molecular weight is 380 g/mol. The number of benzene rings is 2. The molecule has 7 nitrogen and oxygen atoms in total. The van der Waals surface area contributed by atoms with Gasteiger partial charge in [-0.05, 0) is 42.8 Å². The van der Waals surface area contributed by atoms with Crippen LogP contribution < -0.4 is 24.4 Å². The number of fused-ring (bicyclic) bond motifs is 1. The van der Waals surface area contributed by atoms with Crippen molar-refractivity contribution in [1.29, 1.82) is 0 Å². The number of amides is 1. The van der Waals surface area contributed by atoms with Crippen LogP contribution in [0.3, 0.4) is 0 Å². The lowest BCUT2D eigenvalue weighted by Crippen LogP contribution is -2.42. The summed E-state index contributed by atoms with van der Waals surface area (Å²) < 4.78 is 22.2. The molecular formula is C21H20N2O5. The van der Waals surface area contributed by atoms with Gasteiger partial charge in [0.05, 0.1) is 12.8 Å². The number of terminal acetylenes is 1. The highest BCUT2D eigenvalue weighted by atomic mass is 16.6. The van der Waals surface area contributed by atoms with Gasteiger partial charge in [-0.25, -0.2) is 5.43 Å². The number of nitrogens with one attached hydrogen (secondary N) is 1. The highest BCUT2D eigenvalue weighted by Gasteiger charge is 2.26. The first-order valence-corrected chi connectivity index (χ1v) is 8.75. The Labute approximate surface area is 163 Å². The molecule has 0 bridgehead atoms. The summed E-state index contributed by atoms with van der Waals surface area (Å²) in [5.74, 6) is 4.26. The molecule has 28 heavy (non-hydrogen) atoms. The number of rotatable bonds is 7. The van der Waals surface area contributed by atoms with Gasteiger partial charge < -0.3 is 18.9 Å². The van der Waals surface area contributed by atoms with Crippen molar-refractivity contribution in [2.75, 3.05) is 19.8 Å². The summed E-state index contributed by atoms with van der Waals surface area (Å²) in [6, 6.07) is 12.5. The Balaban J connectivity index is 1.60. The van der Waals surface area contributed by atoms with Crippen LogP contribution in [0, 0.1) is 12.3 Å². The fourth-order valence-corrected chi connectivity index (χ4v) is 2.50. The zero-order valence-corrected chi connectivity index (χ0v) is 15.4. The number of para-hydroxylation sites is 2. The lowest BCUT2D eigenvalue weighted by atomic mass is 10.2. The van der Waals surface area contributed by atoms with Crippen molar-refractivity contribution in [1.82, 2.24) is 5.43 Å². The Morgan fingerprint density at radius 1 is 1.29 bits per heavy atom. The van der Waals surface area contributed by atoms with Gasteiger partial charge in [-0.1, -0.05) is 18.1 Å². The summed E-state index contributed by atoms with van der Waals surface area (Å²) in [5.41, 5.74) is 3.18. The zero-order chi connectivity index (χ0) is 19.8. The molecule has 3 rings (SSSR count). The molecule has 1 aliphatic rings. The molecular weight excluding hydrogens is 360 g/mol. The number of ether oxygens (including phenoxy) is 4. The van der Waals surface area contributed by atoms with Gasteiger partial charge >= 0.3 is 0 Å². The monoisotopic (exact) mass is 380 g/mol. The second-order valence-electron chi connectivity index (χ2n) is 5.73. The van der Waals surface area contributed by atoms with E-state index in [-0.39, 0.29) is 13.2 Å². The van der Waals surface area contributed by atoms with E-state index < -0.39 is 12.0 Å². The van der Waals surface area contributed by atoms with E-state index in [4.69, 9.17) is 25.4 Å². The predicted molar refractivity (Wildman–Crippen MR) is 104 cm³/mol. The maximum atomic E-state index is 12.2. The van der Waals surface area contributed by atoms with Gasteiger partial charge in [-0.2, -0.15) is 5.10 Å². The third-order valence-corrected chi connectivity index (χ3v) is 3.77. The van der Waals surface area contributed by atoms with E-state index in [1.165, 1.54) is 6.21 Å². The number of carbonyl (C=O) groups excluding carboxylic acids is 1. The van der Waals surface area contributed by atoms with E-state index in [0.29, 0.717) is 29.6 Å². The van der Waals surface area contributed by atoms with Crippen LogP contribution in [0.25, 0.3) is 0 Å². The van der Waals surface area contributed by atoms with Gasteiger partial charge in [-0.15, -0.1) is 6.42 Å². The minimum Gasteiger partial charge on any atom is -0.490 e. The second-order valence-corrected chi connectivity index (χ2v) is 5.73. The summed E-state index contributed by atoms with van der Waals surface area (Å²) in [4.78, 5) is 12.2. The van der Waals surface area contributed by atoms with Crippen LogP contribution in [0.2, 0.25) is 0 Å². The van der Waals surface area contributed by atoms with E-state index in [2.05, 4.69) is 16.4 Å². The molecule has 1 aliphatic heterocycles. The Morgan fingerprint density at radius 3 is 2.89 bits per heavy atom. The van der Waals surface area contributed by atoms with Gasteiger partial charge in [0, 0.05) is 0 Å². The van der Waals surface area contributed by atoms with Crippen LogP contribution in [0.1, 0.15) is 12.5 Å². The van der Waals surface area contributed by atoms with Crippen molar-refractivity contribution in [2.24, 2.45) is 5.10 Å². The molecule has 0 aromatic heterocycles. The molecule has 0 fully saturated rings. The molecule has 1 atom stereocenters. The lowest BCUT2D eigenvalue weighted by molar-refractivity contribution is -0.130. The predicted octanol–water partition coefficient (Wildman–Crippen LogP) is 2.39. The van der Waals surface area contributed by atoms with E-state index in [9.17, 15) is 4.79 Å². The highest BCUT2D eigenvalue weighted by molar-refractivity contribution is 5.85. The average Bonchev–Trinajstić information content (AvgIpc) is 2.73. The number of nitrogens with zero attached hydrogens (tertiary/aromatic N) is 1. The maximum Gasteiger partial charge on any atom is 0.284 e. The first kappa shape index (κ1) is 19.1. The minimum absolute atomic E-state index is 0.119. The van der Waals surface area contributed by atoms with Crippen molar-refractivity contribution in [2.45, 2.75) is 13.0 Å². The second kappa shape index (κ2) is 9.33. The smallest absolute Gasteiger partial charge is 0.284 e. The topological polar surface area (TPSA) is 78.4 Å². The zero-order valence-electron chi connectivity index (χ0n) is 15.4. The fourth-order valence-electron chi connectivity index (χ4n) is 2.50. The van der Waals surface area contributed by atoms with Crippen LogP contribution in [0.15, 0.2) is 47.6 Å². The standard InChI is InChI=1S/C21H20N2O5/c1-3-11-26-17-10-9-15(12-19(17)25-4-2)13-22-23-21(24)20-14-27-16-7-5-6-8-18(16)28-20/h1,5-10,12-13,20H,4,11,14H2,2H3,(H,23,24)/b22-13-/t20-/m0/s1. The van der Waals surface area contributed by atoms with Crippen LogP contribution in [0.5, 0.6) is 23.0 Å². The van der Waals surface area contributed by atoms with Crippen molar-refractivity contribution in [3.63, 3.8) is 0 Å². The minimum atomic E-state index is -0.773. The Bertz CT molecular complexity index is 904. The summed E-state index contributed by atoms with van der Waals surface area (Å²) in [5, 5.41) is 3.98. The molecule has 0 saturated heterocycles. The van der Waals surface area contributed by atoms with E-state index in [1.807, 2.05) is 19.1 Å². The van der Waals surface area contributed by atoms with E-state index in [0.717, 1.165) is 5.56 Å².